The number of nitrogens with two attached hydrogens (primary N) is 5. The summed E-state index contributed by atoms with van der Waals surface area (Å²) in [6.07, 6.45) is 14.0. The molecule has 13 aromatic heterocycles. The second-order valence-corrected chi connectivity index (χ2v) is 30.9. The van der Waals surface area contributed by atoms with Crippen LogP contribution in [0.4, 0.5) is 67.0 Å². The quantitative estimate of drug-likeness (QED) is 0.0403. The highest BCUT2D eigenvalue weighted by atomic mass is 19.1. The number of aryl methyl sites for hydroxylation is 3. The fourth-order valence-corrected chi connectivity index (χ4v) is 14.3. The van der Waals surface area contributed by atoms with Gasteiger partial charge >= 0.3 is 0 Å². The number of imidazole rings is 2. The maximum atomic E-state index is 13.0. The number of aromatic nitrogens is 16. The number of rotatable bonds is 17. The normalized spacial score (nSPS) is 17.2. The van der Waals surface area contributed by atoms with Gasteiger partial charge in [-0.25, -0.2) is 68.6 Å². The Morgan fingerprint density at radius 1 is 0.429 bits per heavy atom. The van der Waals surface area contributed by atoms with Gasteiger partial charge in [-0.2, -0.15) is 15.6 Å². The summed E-state index contributed by atoms with van der Waals surface area (Å²) in [5, 5.41) is 46.7. The van der Waals surface area contributed by atoms with Crippen molar-refractivity contribution < 1.29 is 28.0 Å². The molecule has 4 aliphatic rings. The highest BCUT2D eigenvalue weighted by Gasteiger charge is 2.46. The highest BCUT2D eigenvalue weighted by Crippen LogP contribution is 2.42. The number of halogens is 2. The van der Waals surface area contributed by atoms with Crippen molar-refractivity contribution in [3.63, 3.8) is 0 Å². The van der Waals surface area contributed by atoms with Gasteiger partial charge in [-0.3, -0.25) is 24.3 Å². The number of nitrogens with zero attached hydrogens (tertiary/aromatic N) is 17. The average molecular weight is 1680 g/mol. The number of alkyl halides is 2. The van der Waals surface area contributed by atoms with Gasteiger partial charge in [-0.05, 0) is 145 Å². The van der Waals surface area contributed by atoms with Crippen molar-refractivity contribution in [1.29, 1.82) is 10.5 Å². The van der Waals surface area contributed by atoms with E-state index in [-0.39, 0.29) is 60.1 Å². The van der Waals surface area contributed by atoms with Crippen LogP contribution >= 0.6 is 0 Å². The topological polar surface area (TPSA) is 499 Å². The number of nitrogens with one attached hydrogen (secondary N) is 6. The number of carbonyl (C=O) groups is 4. The lowest BCUT2D eigenvalue weighted by molar-refractivity contribution is -0.118. The number of H-pyrrole nitrogens is 1. The maximum Gasteiger partial charge on any atom is 0.231 e. The Labute approximate surface area is 719 Å². The first kappa shape index (κ1) is 83.3. The lowest BCUT2D eigenvalue weighted by Crippen LogP contribution is -2.15. The number of anilines is 10. The van der Waals surface area contributed by atoms with Crippen molar-refractivity contribution in [2.45, 2.75) is 71.8 Å². The first-order valence-corrected chi connectivity index (χ1v) is 40.4. The number of amides is 4. The number of carbonyl (C=O) groups excluding carboxylic acids is 4. The largest absolute Gasteiger partial charge is 0.383 e. The summed E-state index contributed by atoms with van der Waals surface area (Å²) < 4.78 is 29.8. The van der Waals surface area contributed by atoms with E-state index in [1.807, 2.05) is 146 Å². The molecule has 32 nitrogen and oxygen atoms in total. The SMILES string of the molecule is CCc1ccccc1-c1cc2cc(NCc3ccn[nH]3)ncc2c(N)n1.Cc1ncc(-c2cc3cc(NC(=O)[C@@H]4C[C@H]4C#N)ncc3c(N)n2)n1C.Cc1ncc(-c2cc3cc(NC(=O)[C@H]4C[C@@H]4C#N)ncc3c(N)n2)n1C.Nc1nc(-c2ccccc2)cc2cc(NC(=O)[C@@H]3C[C@H]3F)ncc12.Nc1nc(-c2ccccc2)cc2cc(NC(=O)[C@H]3C[C@@H]3F)ncc12. The summed E-state index contributed by atoms with van der Waals surface area (Å²) in [5.74, 6) is 3.19. The highest BCUT2D eigenvalue weighted by molar-refractivity contribution is 6.03. The van der Waals surface area contributed by atoms with Crippen LogP contribution in [0.15, 0.2) is 201 Å². The van der Waals surface area contributed by atoms with Gasteiger partial charge < -0.3 is 64.4 Å². The van der Waals surface area contributed by atoms with Crippen LogP contribution in [-0.2, 0) is 46.2 Å². The van der Waals surface area contributed by atoms with E-state index in [2.05, 4.69) is 134 Å². The van der Waals surface area contributed by atoms with E-state index in [1.54, 1.807) is 73.8 Å². The Kier molecular flexibility index (Phi) is 23.6. The molecular weight excluding hydrogens is 1600 g/mol. The molecule has 630 valence electrons. The van der Waals surface area contributed by atoms with Crippen LogP contribution in [0.3, 0.4) is 0 Å². The first-order valence-electron chi connectivity index (χ1n) is 40.4. The van der Waals surface area contributed by atoms with Crippen molar-refractivity contribution >= 4 is 136 Å². The van der Waals surface area contributed by atoms with Crippen LogP contribution in [0, 0.1) is 72.0 Å². The van der Waals surface area contributed by atoms with E-state index in [1.165, 1.54) is 5.56 Å². The summed E-state index contributed by atoms with van der Waals surface area (Å²) in [4.78, 5) is 100. The molecule has 0 bridgehead atoms. The molecule has 0 saturated heterocycles. The Morgan fingerprint density at radius 2 is 0.762 bits per heavy atom. The van der Waals surface area contributed by atoms with Crippen molar-refractivity contribution in [2.24, 2.45) is 49.6 Å². The fourth-order valence-electron chi connectivity index (χ4n) is 14.3. The zero-order chi connectivity index (χ0) is 88.1. The van der Waals surface area contributed by atoms with Gasteiger partial charge in [0.2, 0.25) is 23.6 Å². The van der Waals surface area contributed by atoms with Crippen LogP contribution < -0.4 is 55.3 Å². The fraction of sp³-hybridized carbons (Fsp3) is 0.207. The molecule has 0 unspecified atom stereocenters. The van der Waals surface area contributed by atoms with Crippen LogP contribution in [0.5, 0.6) is 0 Å². The average Bonchev–Trinajstić information content (AvgIpc) is 1.76. The molecule has 4 saturated carbocycles. The standard InChI is InChI=1S/C20H20N6.2C18H15FN4O.2C18H17N7O/c1-2-13-5-3-4-6-16(13)18-9-14-10-19(22-11-15-7-8-24-26-15)23-12-17(14)20(21)25-18;2*19-14-8-12(14)18(24)23-16-7-11-6-15(10-4-2-1-3-5-10)22-17(20)13(11)9-21-16;2*1-9-21-8-15(25(9)2)14-4-10-5-16(22-7-13(10)17(20)23-14)24-18(26)12-3-11(12)6-19/h3-10,12H,2,11H2,1H3,(H2,21,25)(H,22,23)(H,24,26);2*1-7,9,12,14H,8H2,(H2,20,22)(H,21,23,24);2*4-5,7-8,11-12H,3H2,1-2H3,(H2,20,23)(H,22,24,26)/t;2*12-,14-;2*11-,12+/m.1010/s1. The van der Waals surface area contributed by atoms with E-state index in [9.17, 15) is 28.0 Å². The predicted octanol–water partition coefficient (Wildman–Crippen LogP) is 14.2. The molecule has 4 fully saturated rings. The summed E-state index contributed by atoms with van der Waals surface area (Å²) in [5.41, 5.74) is 41.2. The number of fused-ring (bicyclic) bond motifs is 5. The molecule has 4 amide bonds. The number of nitriles is 2. The molecule has 16 N–H and O–H groups in total. The minimum absolute atomic E-state index is 0.173. The zero-order valence-corrected chi connectivity index (χ0v) is 68.8. The van der Waals surface area contributed by atoms with E-state index >= 15 is 0 Å². The Bertz CT molecular complexity index is 6650. The minimum Gasteiger partial charge on any atom is -0.383 e. The molecule has 0 aliphatic heterocycles. The molecule has 13 heterocycles. The van der Waals surface area contributed by atoms with Crippen molar-refractivity contribution in [1.82, 2.24) is 79.1 Å². The van der Waals surface area contributed by atoms with Gasteiger partial charge in [0.1, 0.15) is 82.2 Å². The predicted molar refractivity (Wildman–Crippen MR) is 480 cm³/mol. The summed E-state index contributed by atoms with van der Waals surface area (Å²) >= 11 is 0. The third-order valence-electron chi connectivity index (χ3n) is 22.2. The monoisotopic (exact) mass is 1680 g/mol. The number of hydrogen-bond donors (Lipinski definition) is 11. The molecule has 0 radical (unpaired) electrons. The minimum atomic E-state index is -1.03. The summed E-state index contributed by atoms with van der Waals surface area (Å²) in [7, 11) is 3.83. The molecule has 0 spiro atoms. The van der Waals surface area contributed by atoms with Gasteiger partial charge in [-0.1, -0.05) is 91.9 Å². The molecule has 16 aromatic rings. The Balaban J connectivity index is 0.000000116. The van der Waals surface area contributed by atoms with E-state index in [4.69, 9.17) is 39.2 Å². The van der Waals surface area contributed by atoms with Crippen LogP contribution in [0.2, 0.25) is 0 Å². The molecule has 8 atom stereocenters. The summed E-state index contributed by atoms with van der Waals surface area (Å²) in [6.45, 7) is 6.60. The van der Waals surface area contributed by atoms with Gasteiger partial charge in [0.05, 0.1) is 112 Å². The number of hydrogen-bond acceptors (Lipinski definition) is 25. The molecular formula is C92H84F2N28O4. The summed E-state index contributed by atoms with van der Waals surface area (Å²) in [6, 6.07) is 52.5. The van der Waals surface area contributed by atoms with Gasteiger partial charge in [0, 0.05) is 94.9 Å². The third kappa shape index (κ3) is 18.7. The third-order valence-corrected chi connectivity index (χ3v) is 22.2. The second-order valence-electron chi connectivity index (χ2n) is 30.9. The lowest BCUT2D eigenvalue weighted by atomic mass is 10.0. The van der Waals surface area contributed by atoms with Crippen LogP contribution in [0.25, 0.3) is 110 Å². The number of nitrogen functional groups attached to an aromatic ring is 5. The Morgan fingerprint density at radius 3 is 1.10 bits per heavy atom. The van der Waals surface area contributed by atoms with Crippen molar-refractivity contribution in [2.75, 3.05) is 55.3 Å². The number of benzene rings is 3. The van der Waals surface area contributed by atoms with E-state index in [0.717, 1.165) is 107 Å². The molecule has 34 heteroatoms. The number of aromatic amines is 1. The number of pyridine rings is 10. The van der Waals surface area contributed by atoms with Crippen LogP contribution in [-0.4, -0.2) is 115 Å². The van der Waals surface area contributed by atoms with Crippen LogP contribution in [0.1, 0.15) is 55.5 Å². The molecule has 3 aromatic carbocycles. The van der Waals surface area contributed by atoms with Crippen molar-refractivity contribution in [3.05, 3.63) is 224 Å². The molecule has 126 heavy (non-hydrogen) atoms. The van der Waals surface area contributed by atoms with Gasteiger partial charge in [-0.15, -0.1) is 0 Å². The zero-order valence-electron chi connectivity index (χ0n) is 68.8. The Hall–Kier alpha value is -16.4. The lowest BCUT2D eigenvalue weighted by Gasteiger charge is -2.11. The maximum absolute atomic E-state index is 13.0. The molecule has 4 aliphatic carbocycles. The van der Waals surface area contributed by atoms with Gasteiger partial charge in [0.15, 0.2) is 0 Å². The first-order chi connectivity index (χ1) is 60.9. The second kappa shape index (κ2) is 35.7. The smallest absolute Gasteiger partial charge is 0.231 e. The van der Waals surface area contributed by atoms with Gasteiger partial charge in [0.25, 0.3) is 0 Å². The molecule has 20 rings (SSSR count). The van der Waals surface area contributed by atoms with E-state index in [0.29, 0.717) is 105 Å². The van der Waals surface area contributed by atoms with Crippen molar-refractivity contribution in [3.8, 4) is 68.7 Å². The van der Waals surface area contributed by atoms with E-state index < -0.39 is 24.2 Å².